The third-order valence-electron chi connectivity index (χ3n) is 3.34. The van der Waals surface area contributed by atoms with Gasteiger partial charge in [-0.15, -0.1) is 0 Å². The van der Waals surface area contributed by atoms with Crippen LogP contribution in [0.25, 0.3) is 0 Å². The van der Waals surface area contributed by atoms with E-state index in [1.165, 1.54) is 12.1 Å². The van der Waals surface area contributed by atoms with E-state index in [4.69, 9.17) is 0 Å². The lowest BCUT2D eigenvalue weighted by atomic mass is 10.1. The summed E-state index contributed by atoms with van der Waals surface area (Å²) in [7, 11) is 0. The van der Waals surface area contributed by atoms with Crippen LogP contribution in [0.2, 0.25) is 0 Å². The molecule has 0 spiro atoms. The molecule has 1 aromatic carbocycles. The quantitative estimate of drug-likeness (QED) is 0.844. The van der Waals surface area contributed by atoms with E-state index >= 15 is 0 Å². The number of benzene rings is 1. The lowest BCUT2D eigenvalue weighted by Crippen LogP contribution is -2.31. The highest BCUT2D eigenvalue weighted by molar-refractivity contribution is 7.98. The van der Waals surface area contributed by atoms with Crippen LogP contribution in [0.3, 0.4) is 0 Å². The fraction of sp³-hybridized carbons (Fsp3) is 0.429. The van der Waals surface area contributed by atoms with E-state index in [9.17, 15) is 22.8 Å². The van der Waals surface area contributed by atoms with Gasteiger partial charge in [0.1, 0.15) is 6.04 Å². The van der Waals surface area contributed by atoms with Gasteiger partial charge in [0.2, 0.25) is 0 Å². The van der Waals surface area contributed by atoms with Crippen molar-refractivity contribution < 1.29 is 22.8 Å². The van der Waals surface area contributed by atoms with Gasteiger partial charge < -0.3 is 5.32 Å². The van der Waals surface area contributed by atoms with Crippen molar-refractivity contribution in [3.63, 3.8) is 0 Å². The second kappa shape index (κ2) is 6.60. The highest BCUT2D eigenvalue weighted by Crippen LogP contribution is 2.29. The number of amides is 3. The van der Waals surface area contributed by atoms with Crippen LogP contribution in [0.1, 0.15) is 17.5 Å². The first-order chi connectivity index (χ1) is 10.3. The van der Waals surface area contributed by atoms with Crippen LogP contribution < -0.4 is 5.32 Å². The third kappa shape index (κ3) is 3.73. The summed E-state index contributed by atoms with van der Waals surface area (Å²) >= 11 is 1.57. The lowest BCUT2D eigenvalue weighted by molar-refractivity contribution is -0.137. The Bertz CT molecular complexity index is 560. The summed E-state index contributed by atoms with van der Waals surface area (Å²) in [5, 5.41) is 2.59. The highest BCUT2D eigenvalue weighted by Gasteiger charge is 2.37. The van der Waals surface area contributed by atoms with Gasteiger partial charge in [-0.3, -0.25) is 9.69 Å². The van der Waals surface area contributed by atoms with Crippen molar-refractivity contribution in [2.75, 3.05) is 12.0 Å². The van der Waals surface area contributed by atoms with Crippen molar-refractivity contribution in [3.05, 3.63) is 35.4 Å². The zero-order valence-electron chi connectivity index (χ0n) is 11.8. The molecule has 1 aliphatic rings. The van der Waals surface area contributed by atoms with Crippen molar-refractivity contribution in [3.8, 4) is 0 Å². The molecule has 8 heteroatoms. The number of nitrogens with zero attached hydrogens (tertiary/aromatic N) is 1. The van der Waals surface area contributed by atoms with E-state index in [1.807, 2.05) is 6.26 Å². The normalized spacial score (nSPS) is 18.7. The van der Waals surface area contributed by atoms with Crippen LogP contribution in [0.4, 0.5) is 18.0 Å². The molecule has 4 nitrogen and oxygen atoms in total. The summed E-state index contributed by atoms with van der Waals surface area (Å²) in [6.07, 6.45) is -1.96. The van der Waals surface area contributed by atoms with Crippen LogP contribution in [-0.4, -0.2) is 34.9 Å². The summed E-state index contributed by atoms with van der Waals surface area (Å²) < 4.78 is 37.5. The Kier molecular flexibility index (Phi) is 5.00. The number of hydrogen-bond acceptors (Lipinski definition) is 3. The Morgan fingerprint density at radius 2 is 1.86 bits per heavy atom. The maximum Gasteiger partial charge on any atom is 0.416 e. The number of carbonyl (C=O) groups excluding carboxylic acids is 2. The van der Waals surface area contributed by atoms with Gasteiger partial charge in [-0.2, -0.15) is 24.9 Å². The monoisotopic (exact) mass is 332 g/mol. The largest absolute Gasteiger partial charge is 0.416 e. The zero-order chi connectivity index (χ0) is 16.3. The number of halogens is 3. The van der Waals surface area contributed by atoms with E-state index in [2.05, 4.69) is 5.32 Å². The lowest BCUT2D eigenvalue weighted by Gasteiger charge is -2.14. The Morgan fingerprint density at radius 1 is 1.23 bits per heavy atom. The molecule has 3 amide bonds. The molecule has 1 heterocycles. The molecule has 1 saturated heterocycles. The fourth-order valence-electron chi connectivity index (χ4n) is 2.14. The second-order valence-electron chi connectivity index (χ2n) is 4.90. The number of imide groups is 1. The van der Waals surface area contributed by atoms with Crippen molar-refractivity contribution in [1.82, 2.24) is 10.2 Å². The van der Waals surface area contributed by atoms with Crippen LogP contribution in [0, 0.1) is 0 Å². The number of nitrogens with one attached hydrogen (secondary N) is 1. The van der Waals surface area contributed by atoms with Crippen molar-refractivity contribution in [2.24, 2.45) is 0 Å². The molecule has 1 fully saturated rings. The van der Waals surface area contributed by atoms with Gasteiger partial charge in [-0.05, 0) is 36.1 Å². The Hall–Kier alpha value is -1.70. The third-order valence-corrected chi connectivity index (χ3v) is 3.98. The van der Waals surface area contributed by atoms with Gasteiger partial charge in [-0.25, -0.2) is 4.79 Å². The molecule has 22 heavy (non-hydrogen) atoms. The minimum atomic E-state index is -4.40. The minimum Gasteiger partial charge on any atom is -0.326 e. The van der Waals surface area contributed by atoms with Gasteiger partial charge in [0, 0.05) is 0 Å². The van der Waals surface area contributed by atoms with Gasteiger partial charge in [0.05, 0.1) is 12.1 Å². The summed E-state index contributed by atoms with van der Waals surface area (Å²) in [6, 6.07) is 3.39. The Balaban J connectivity index is 2.04. The van der Waals surface area contributed by atoms with Crippen LogP contribution in [-0.2, 0) is 17.5 Å². The van der Waals surface area contributed by atoms with Crippen LogP contribution in [0.5, 0.6) is 0 Å². The average molecular weight is 332 g/mol. The summed E-state index contributed by atoms with van der Waals surface area (Å²) in [5.41, 5.74) is -0.284. The molecule has 0 saturated carbocycles. The first-order valence-electron chi connectivity index (χ1n) is 6.60. The number of hydrogen-bond donors (Lipinski definition) is 1. The maximum atomic E-state index is 12.5. The van der Waals surface area contributed by atoms with E-state index in [0.29, 0.717) is 12.0 Å². The fourth-order valence-corrected chi connectivity index (χ4v) is 2.61. The molecule has 0 bridgehead atoms. The molecule has 1 atom stereocenters. The molecular formula is C14H15F3N2O2S. The molecule has 0 aromatic heterocycles. The first kappa shape index (κ1) is 16.7. The number of urea groups is 1. The standard InChI is InChI=1S/C14H15F3N2O2S/c1-22-7-6-11-12(20)19(13(21)18-11)8-9-2-4-10(5-3-9)14(15,16)17/h2-5,11H,6-8H2,1H3,(H,18,21)/t11-/m0/s1. The van der Waals surface area contributed by atoms with Crippen molar-refractivity contribution >= 4 is 23.7 Å². The number of alkyl halides is 3. The van der Waals surface area contributed by atoms with Gasteiger partial charge in [0.25, 0.3) is 5.91 Å². The SMILES string of the molecule is CSCC[C@@H]1NC(=O)N(Cc2ccc(C(F)(F)F)cc2)C1=O. The number of rotatable bonds is 5. The van der Waals surface area contributed by atoms with Crippen LogP contribution >= 0.6 is 11.8 Å². The van der Waals surface area contributed by atoms with E-state index < -0.39 is 23.8 Å². The summed E-state index contributed by atoms with van der Waals surface area (Å²) in [5.74, 6) is 0.407. The van der Waals surface area contributed by atoms with Crippen molar-refractivity contribution in [1.29, 1.82) is 0 Å². The molecule has 0 radical (unpaired) electrons. The summed E-state index contributed by atoms with van der Waals surface area (Å²) in [4.78, 5) is 24.9. The molecule has 1 aromatic rings. The van der Waals surface area contributed by atoms with Gasteiger partial charge in [-0.1, -0.05) is 12.1 Å². The molecule has 2 rings (SSSR count). The molecular weight excluding hydrogens is 317 g/mol. The number of thioether (sulfide) groups is 1. The topological polar surface area (TPSA) is 49.4 Å². The van der Waals surface area contributed by atoms with Crippen LogP contribution in [0.15, 0.2) is 24.3 Å². The second-order valence-corrected chi connectivity index (χ2v) is 5.89. The smallest absolute Gasteiger partial charge is 0.326 e. The predicted octanol–water partition coefficient (Wildman–Crippen LogP) is 2.88. The van der Waals surface area contributed by atoms with E-state index in [-0.39, 0.29) is 12.5 Å². The zero-order valence-corrected chi connectivity index (χ0v) is 12.6. The molecule has 0 unspecified atom stereocenters. The van der Waals surface area contributed by atoms with Crippen molar-refractivity contribution in [2.45, 2.75) is 25.2 Å². The van der Waals surface area contributed by atoms with Gasteiger partial charge in [0.15, 0.2) is 0 Å². The molecule has 1 N–H and O–H groups in total. The average Bonchev–Trinajstić information content (AvgIpc) is 2.72. The predicted molar refractivity (Wildman–Crippen MR) is 77.3 cm³/mol. The van der Waals surface area contributed by atoms with E-state index in [1.54, 1.807) is 11.8 Å². The minimum absolute atomic E-state index is 0.0292. The van der Waals surface area contributed by atoms with E-state index in [0.717, 1.165) is 22.8 Å². The first-order valence-corrected chi connectivity index (χ1v) is 7.99. The summed E-state index contributed by atoms with van der Waals surface area (Å²) in [6.45, 7) is -0.0292. The Morgan fingerprint density at radius 3 is 2.41 bits per heavy atom. The molecule has 1 aliphatic heterocycles. The Labute approximate surface area is 130 Å². The molecule has 0 aliphatic carbocycles. The maximum absolute atomic E-state index is 12.5. The highest BCUT2D eigenvalue weighted by atomic mass is 32.2. The molecule has 120 valence electrons. The van der Waals surface area contributed by atoms with Gasteiger partial charge >= 0.3 is 12.2 Å². The number of carbonyl (C=O) groups is 2.